The zero-order valence-electron chi connectivity index (χ0n) is 9.29. The molecular weight excluding hydrogens is 182 g/mol. The molecule has 1 atom stereocenters. The van der Waals surface area contributed by atoms with Gasteiger partial charge in [-0.25, -0.2) is 0 Å². The Morgan fingerprint density at radius 1 is 1.21 bits per heavy atom. The summed E-state index contributed by atoms with van der Waals surface area (Å²) < 4.78 is 10.2. The highest BCUT2D eigenvalue weighted by molar-refractivity contribution is 4.51. The highest BCUT2D eigenvalue weighted by Crippen LogP contribution is 1.86. The highest BCUT2D eigenvalue weighted by atomic mass is 16.5. The van der Waals surface area contributed by atoms with Crippen LogP contribution in [0.2, 0.25) is 0 Å². The van der Waals surface area contributed by atoms with Crippen LogP contribution in [0.3, 0.4) is 0 Å². The number of hydrogen-bond acceptors (Lipinski definition) is 4. The first-order chi connectivity index (χ1) is 6.77. The first-order valence-corrected chi connectivity index (χ1v) is 5.23. The number of ether oxygens (including phenoxy) is 2. The predicted molar refractivity (Wildman–Crippen MR) is 56.5 cm³/mol. The second kappa shape index (κ2) is 10.9. The zero-order chi connectivity index (χ0) is 10.6. The van der Waals surface area contributed by atoms with Gasteiger partial charge in [0.15, 0.2) is 0 Å². The maximum atomic E-state index is 8.97. The Hall–Kier alpha value is -0.160. The first kappa shape index (κ1) is 13.8. The molecule has 0 rings (SSSR count). The van der Waals surface area contributed by atoms with E-state index in [1.807, 2.05) is 0 Å². The summed E-state index contributed by atoms with van der Waals surface area (Å²) in [6.07, 6.45) is 1.53. The Balaban J connectivity index is 2.85. The van der Waals surface area contributed by atoms with Crippen LogP contribution >= 0.6 is 0 Å². The van der Waals surface area contributed by atoms with Gasteiger partial charge in [-0.2, -0.15) is 0 Å². The lowest BCUT2D eigenvalue weighted by atomic mass is 10.3. The number of hydrogen-bond donors (Lipinski definition) is 2. The van der Waals surface area contributed by atoms with Crippen molar-refractivity contribution >= 4 is 0 Å². The Kier molecular flexibility index (Phi) is 10.8. The van der Waals surface area contributed by atoms with Gasteiger partial charge in [-0.05, 0) is 26.3 Å². The standard InChI is InChI=1S/C10H23NO3/c1-10(12)4-5-11-6-9-14-8-3-7-13-2/h10-12H,3-9H2,1-2H3. The van der Waals surface area contributed by atoms with Crippen LogP contribution in [0.25, 0.3) is 0 Å². The molecule has 0 heterocycles. The number of nitrogens with one attached hydrogen (secondary N) is 1. The molecule has 1 unspecified atom stereocenters. The van der Waals surface area contributed by atoms with Gasteiger partial charge in [0.25, 0.3) is 0 Å². The van der Waals surface area contributed by atoms with E-state index in [0.717, 1.165) is 45.8 Å². The van der Waals surface area contributed by atoms with E-state index in [-0.39, 0.29) is 6.10 Å². The average Bonchev–Trinajstić information content (AvgIpc) is 2.15. The van der Waals surface area contributed by atoms with E-state index in [2.05, 4.69) is 5.32 Å². The molecular formula is C10H23NO3. The summed E-state index contributed by atoms with van der Waals surface area (Å²) in [6.45, 7) is 5.73. The molecule has 0 bridgehead atoms. The Morgan fingerprint density at radius 3 is 2.64 bits per heavy atom. The molecule has 0 radical (unpaired) electrons. The molecule has 14 heavy (non-hydrogen) atoms. The van der Waals surface area contributed by atoms with Crippen molar-refractivity contribution in [1.29, 1.82) is 0 Å². The Labute approximate surface area is 86.6 Å². The Bertz CT molecular complexity index is 110. The minimum Gasteiger partial charge on any atom is -0.393 e. The SMILES string of the molecule is COCCCOCCNCCC(C)O. The number of methoxy groups -OCH3 is 1. The molecule has 0 aromatic heterocycles. The monoisotopic (exact) mass is 205 g/mol. The minimum atomic E-state index is -0.217. The lowest BCUT2D eigenvalue weighted by Crippen LogP contribution is -2.23. The van der Waals surface area contributed by atoms with Gasteiger partial charge in [-0.15, -0.1) is 0 Å². The van der Waals surface area contributed by atoms with E-state index >= 15 is 0 Å². The fourth-order valence-corrected chi connectivity index (χ4v) is 0.988. The third-order valence-electron chi connectivity index (χ3n) is 1.80. The molecule has 0 fully saturated rings. The highest BCUT2D eigenvalue weighted by Gasteiger charge is 1.94. The summed E-state index contributed by atoms with van der Waals surface area (Å²) in [4.78, 5) is 0. The van der Waals surface area contributed by atoms with Crippen molar-refractivity contribution in [3.8, 4) is 0 Å². The van der Waals surface area contributed by atoms with E-state index in [1.54, 1.807) is 14.0 Å². The summed E-state index contributed by atoms with van der Waals surface area (Å²) in [5.41, 5.74) is 0. The van der Waals surface area contributed by atoms with Crippen LogP contribution in [0.1, 0.15) is 19.8 Å². The molecule has 0 spiro atoms. The summed E-state index contributed by atoms with van der Waals surface area (Å²) in [6, 6.07) is 0. The third kappa shape index (κ3) is 11.8. The molecule has 0 aliphatic rings. The summed E-state index contributed by atoms with van der Waals surface area (Å²) >= 11 is 0. The Morgan fingerprint density at radius 2 is 2.00 bits per heavy atom. The molecule has 86 valence electrons. The quantitative estimate of drug-likeness (QED) is 0.507. The van der Waals surface area contributed by atoms with Crippen molar-refractivity contribution in [2.45, 2.75) is 25.9 Å². The van der Waals surface area contributed by atoms with Gasteiger partial charge in [0.05, 0.1) is 12.7 Å². The van der Waals surface area contributed by atoms with Crippen molar-refractivity contribution in [3.05, 3.63) is 0 Å². The fraction of sp³-hybridized carbons (Fsp3) is 1.00. The molecule has 2 N–H and O–H groups in total. The van der Waals surface area contributed by atoms with E-state index in [9.17, 15) is 0 Å². The van der Waals surface area contributed by atoms with E-state index in [4.69, 9.17) is 14.6 Å². The fourth-order valence-electron chi connectivity index (χ4n) is 0.988. The zero-order valence-corrected chi connectivity index (χ0v) is 9.29. The van der Waals surface area contributed by atoms with Gasteiger partial charge >= 0.3 is 0 Å². The molecule has 0 aromatic carbocycles. The van der Waals surface area contributed by atoms with Gasteiger partial charge in [-0.1, -0.05) is 0 Å². The smallest absolute Gasteiger partial charge is 0.0590 e. The van der Waals surface area contributed by atoms with Crippen LogP contribution in [0, 0.1) is 0 Å². The molecule has 0 saturated carbocycles. The summed E-state index contributed by atoms with van der Waals surface area (Å²) in [7, 11) is 1.69. The average molecular weight is 205 g/mol. The van der Waals surface area contributed by atoms with Crippen LogP contribution in [-0.4, -0.2) is 51.2 Å². The van der Waals surface area contributed by atoms with E-state index < -0.39 is 0 Å². The summed E-state index contributed by atoms with van der Waals surface area (Å²) in [5.74, 6) is 0. The maximum Gasteiger partial charge on any atom is 0.0590 e. The van der Waals surface area contributed by atoms with Crippen LogP contribution in [-0.2, 0) is 9.47 Å². The van der Waals surface area contributed by atoms with Crippen molar-refractivity contribution in [3.63, 3.8) is 0 Å². The van der Waals surface area contributed by atoms with Crippen molar-refractivity contribution in [2.75, 3.05) is 40.0 Å². The second-order valence-electron chi connectivity index (χ2n) is 3.35. The molecule has 0 aliphatic heterocycles. The largest absolute Gasteiger partial charge is 0.393 e. The topological polar surface area (TPSA) is 50.7 Å². The van der Waals surface area contributed by atoms with Gasteiger partial charge in [0, 0.05) is 26.9 Å². The number of aliphatic hydroxyl groups excluding tert-OH is 1. The molecule has 0 aliphatic carbocycles. The van der Waals surface area contributed by atoms with Gasteiger partial charge in [-0.3, -0.25) is 0 Å². The van der Waals surface area contributed by atoms with Gasteiger partial charge in [0.2, 0.25) is 0 Å². The van der Waals surface area contributed by atoms with Crippen LogP contribution in [0.4, 0.5) is 0 Å². The van der Waals surface area contributed by atoms with Crippen LogP contribution in [0.15, 0.2) is 0 Å². The van der Waals surface area contributed by atoms with E-state index in [1.165, 1.54) is 0 Å². The maximum absolute atomic E-state index is 8.97. The van der Waals surface area contributed by atoms with Crippen LogP contribution < -0.4 is 5.32 Å². The lowest BCUT2D eigenvalue weighted by Gasteiger charge is -2.07. The van der Waals surface area contributed by atoms with Gasteiger partial charge in [0.1, 0.15) is 0 Å². The van der Waals surface area contributed by atoms with Gasteiger partial charge < -0.3 is 19.9 Å². The van der Waals surface area contributed by atoms with Crippen LogP contribution in [0.5, 0.6) is 0 Å². The minimum absolute atomic E-state index is 0.217. The molecule has 4 nitrogen and oxygen atoms in total. The molecule has 0 aromatic rings. The summed E-state index contributed by atoms with van der Waals surface area (Å²) in [5, 5.41) is 12.2. The van der Waals surface area contributed by atoms with E-state index in [0.29, 0.717) is 0 Å². The second-order valence-corrected chi connectivity index (χ2v) is 3.35. The number of aliphatic hydroxyl groups is 1. The first-order valence-electron chi connectivity index (χ1n) is 5.23. The number of rotatable bonds is 10. The van der Waals surface area contributed by atoms with Crippen molar-refractivity contribution in [2.24, 2.45) is 0 Å². The third-order valence-corrected chi connectivity index (χ3v) is 1.80. The molecule has 0 amide bonds. The molecule has 0 saturated heterocycles. The van der Waals surface area contributed by atoms with Crippen molar-refractivity contribution in [1.82, 2.24) is 5.32 Å². The molecule has 4 heteroatoms. The lowest BCUT2D eigenvalue weighted by molar-refractivity contribution is 0.103. The predicted octanol–water partition coefficient (Wildman–Crippen LogP) is 0.400. The van der Waals surface area contributed by atoms with Crippen molar-refractivity contribution < 1.29 is 14.6 Å². The normalized spacial score (nSPS) is 13.1.